The number of nitrogens with zero attached hydrogens (tertiary/aromatic N) is 2. The average molecular weight is 385 g/mol. The summed E-state index contributed by atoms with van der Waals surface area (Å²) in [6.45, 7) is 0.307. The number of hydroxylamine groups is 1. The standard InChI is InChI=1S/C18H15N3O3S2/c1-26-14-8-15(12-5-3-2-4-6-12)18(21(22)23)16(9-14)17-7-13(24-20-17)10-19-11-25/h2-9,13,20H,10H2,1H3. The third kappa shape index (κ3) is 3.84. The first-order chi connectivity index (χ1) is 12.6. The molecule has 0 radical (unpaired) electrons. The molecule has 1 heterocycles. The summed E-state index contributed by atoms with van der Waals surface area (Å²) in [6.07, 6.45) is 3.36. The predicted octanol–water partition coefficient (Wildman–Crippen LogP) is 4.33. The molecule has 6 nitrogen and oxygen atoms in total. The third-order valence-electron chi connectivity index (χ3n) is 3.89. The van der Waals surface area contributed by atoms with Crippen LogP contribution in [0.5, 0.6) is 0 Å². The van der Waals surface area contributed by atoms with Crippen molar-refractivity contribution in [2.75, 3.05) is 12.8 Å². The molecule has 132 valence electrons. The van der Waals surface area contributed by atoms with Crippen molar-refractivity contribution in [1.82, 2.24) is 5.48 Å². The number of nitro benzene ring substituents is 1. The van der Waals surface area contributed by atoms with Crippen LogP contribution < -0.4 is 5.48 Å². The second-order valence-electron chi connectivity index (χ2n) is 5.46. The van der Waals surface area contributed by atoms with Crippen molar-refractivity contribution in [3.05, 3.63) is 64.2 Å². The molecule has 0 amide bonds. The van der Waals surface area contributed by atoms with Gasteiger partial charge in [-0.2, -0.15) is 0 Å². The van der Waals surface area contributed by atoms with Crippen LogP contribution in [0.25, 0.3) is 16.8 Å². The van der Waals surface area contributed by atoms with Gasteiger partial charge in [0.15, 0.2) is 0 Å². The van der Waals surface area contributed by atoms with Gasteiger partial charge >= 0.3 is 0 Å². The highest BCUT2D eigenvalue weighted by Gasteiger charge is 2.28. The van der Waals surface area contributed by atoms with Gasteiger partial charge in [-0.1, -0.05) is 30.3 Å². The van der Waals surface area contributed by atoms with E-state index >= 15 is 0 Å². The number of thioether (sulfide) groups is 1. The number of thiocarbonyl (C=S) groups is 1. The Kier molecular flexibility index (Phi) is 5.80. The second kappa shape index (κ2) is 8.25. The Bertz CT molecular complexity index is 909. The predicted molar refractivity (Wildman–Crippen MR) is 106 cm³/mol. The summed E-state index contributed by atoms with van der Waals surface area (Å²) in [5.74, 6) is 0. The number of benzene rings is 2. The maximum atomic E-state index is 11.9. The van der Waals surface area contributed by atoms with Crippen molar-refractivity contribution >= 4 is 40.5 Å². The summed E-state index contributed by atoms with van der Waals surface area (Å²) in [5.41, 5.74) is 5.21. The lowest BCUT2D eigenvalue weighted by Crippen LogP contribution is -2.15. The Morgan fingerprint density at radius 1 is 1.35 bits per heavy atom. The molecular weight excluding hydrogens is 370 g/mol. The fourth-order valence-electron chi connectivity index (χ4n) is 2.72. The Morgan fingerprint density at radius 3 is 2.73 bits per heavy atom. The number of isothiocyanates is 1. The van der Waals surface area contributed by atoms with Crippen LogP contribution in [-0.2, 0) is 4.84 Å². The number of hydrogen-bond donors (Lipinski definition) is 1. The number of aliphatic imine (C=N–C) groups is 1. The fourth-order valence-corrected chi connectivity index (χ4v) is 3.27. The zero-order valence-corrected chi connectivity index (χ0v) is 15.5. The molecule has 1 aliphatic rings. The molecule has 0 fully saturated rings. The van der Waals surface area contributed by atoms with E-state index in [0.29, 0.717) is 23.4 Å². The maximum Gasteiger partial charge on any atom is 0.286 e. The monoisotopic (exact) mass is 385 g/mol. The van der Waals surface area contributed by atoms with Crippen LogP contribution in [-0.4, -0.2) is 29.0 Å². The van der Waals surface area contributed by atoms with E-state index in [0.717, 1.165) is 10.5 Å². The summed E-state index contributed by atoms with van der Waals surface area (Å²) in [6, 6.07) is 13.0. The van der Waals surface area contributed by atoms with Gasteiger partial charge in [0, 0.05) is 4.90 Å². The molecular formula is C18H15N3O3S2. The normalized spacial score (nSPS) is 15.7. The number of nitrogens with one attached hydrogen (secondary N) is 1. The smallest absolute Gasteiger partial charge is 0.267 e. The van der Waals surface area contributed by atoms with Crippen molar-refractivity contribution in [3.63, 3.8) is 0 Å². The minimum absolute atomic E-state index is 0.0373. The SMILES string of the molecule is CSc1cc(C2=CC(CN=C=S)ON2)c([N+](=O)[O-])c(-c2ccccc2)c1. The van der Waals surface area contributed by atoms with Gasteiger partial charge in [-0.3, -0.25) is 20.4 Å². The molecule has 26 heavy (non-hydrogen) atoms. The van der Waals surface area contributed by atoms with Gasteiger partial charge in [0.2, 0.25) is 0 Å². The van der Waals surface area contributed by atoms with Crippen molar-refractivity contribution in [2.24, 2.45) is 4.99 Å². The first-order valence-electron chi connectivity index (χ1n) is 7.73. The first-order valence-corrected chi connectivity index (χ1v) is 9.36. The van der Waals surface area contributed by atoms with E-state index in [1.165, 1.54) is 11.8 Å². The van der Waals surface area contributed by atoms with Crippen LogP contribution in [0, 0.1) is 10.1 Å². The molecule has 1 N–H and O–H groups in total. The van der Waals surface area contributed by atoms with E-state index in [-0.39, 0.29) is 16.7 Å². The summed E-state index contributed by atoms with van der Waals surface area (Å²) in [4.78, 5) is 21.7. The Hall–Kier alpha value is -2.51. The van der Waals surface area contributed by atoms with E-state index in [2.05, 4.69) is 27.9 Å². The average Bonchev–Trinajstić information content (AvgIpc) is 3.14. The zero-order valence-electron chi connectivity index (χ0n) is 13.8. The van der Waals surface area contributed by atoms with E-state index in [4.69, 9.17) is 4.84 Å². The fraction of sp³-hybridized carbons (Fsp3) is 0.167. The molecule has 1 unspecified atom stereocenters. The van der Waals surface area contributed by atoms with Crippen molar-refractivity contribution in [3.8, 4) is 11.1 Å². The highest BCUT2D eigenvalue weighted by molar-refractivity contribution is 7.98. The molecule has 8 heteroatoms. The van der Waals surface area contributed by atoms with Crippen LogP contribution in [0.2, 0.25) is 0 Å². The largest absolute Gasteiger partial charge is 0.286 e. The molecule has 0 bridgehead atoms. The van der Waals surface area contributed by atoms with E-state index in [1.54, 1.807) is 12.1 Å². The topological polar surface area (TPSA) is 76.8 Å². The van der Waals surface area contributed by atoms with E-state index in [1.807, 2.05) is 42.7 Å². The third-order valence-corrected chi connectivity index (χ3v) is 4.72. The van der Waals surface area contributed by atoms with Crippen LogP contribution >= 0.6 is 24.0 Å². The minimum Gasteiger partial charge on any atom is -0.267 e. The molecule has 0 aromatic heterocycles. The lowest BCUT2D eigenvalue weighted by molar-refractivity contribution is -0.384. The molecule has 0 aliphatic carbocycles. The maximum absolute atomic E-state index is 11.9. The number of nitro groups is 1. The van der Waals surface area contributed by atoms with Gasteiger partial charge in [-0.25, -0.2) is 4.99 Å². The summed E-state index contributed by atoms with van der Waals surface area (Å²) in [5, 5.41) is 14.2. The molecule has 0 spiro atoms. The second-order valence-corrected chi connectivity index (χ2v) is 6.53. The van der Waals surface area contributed by atoms with Crippen LogP contribution in [0.4, 0.5) is 5.69 Å². The summed E-state index contributed by atoms with van der Waals surface area (Å²) in [7, 11) is 0. The summed E-state index contributed by atoms with van der Waals surface area (Å²) < 4.78 is 0. The van der Waals surface area contributed by atoms with Crippen molar-refractivity contribution in [2.45, 2.75) is 11.0 Å². The van der Waals surface area contributed by atoms with Crippen molar-refractivity contribution in [1.29, 1.82) is 0 Å². The van der Waals surface area contributed by atoms with E-state index in [9.17, 15) is 10.1 Å². The highest BCUT2D eigenvalue weighted by atomic mass is 32.2. The van der Waals surface area contributed by atoms with Crippen molar-refractivity contribution < 1.29 is 9.76 Å². The van der Waals surface area contributed by atoms with Gasteiger partial charge in [-0.05, 0) is 42.2 Å². The molecule has 3 rings (SSSR count). The molecule has 1 aliphatic heterocycles. The van der Waals surface area contributed by atoms with Gasteiger partial charge in [0.1, 0.15) is 6.10 Å². The molecule has 2 aromatic rings. The number of rotatable bonds is 6. The number of hydrogen-bond acceptors (Lipinski definition) is 7. The van der Waals surface area contributed by atoms with Crippen LogP contribution in [0.3, 0.4) is 0 Å². The van der Waals surface area contributed by atoms with Crippen LogP contribution in [0.15, 0.2) is 58.4 Å². The molecule has 0 saturated carbocycles. The van der Waals surface area contributed by atoms with Gasteiger partial charge < -0.3 is 0 Å². The Balaban J connectivity index is 2.16. The van der Waals surface area contributed by atoms with E-state index < -0.39 is 0 Å². The van der Waals surface area contributed by atoms with Crippen LogP contribution in [0.1, 0.15) is 5.56 Å². The molecule has 1 atom stereocenters. The summed E-state index contributed by atoms with van der Waals surface area (Å²) >= 11 is 6.09. The van der Waals surface area contributed by atoms with Gasteiger partial charge in [0.25, 0.3) is 5.69 Å². The Morgan fingerprint density at radius 2 is 2.08 bits per heavy atom. The van der Waals surface area contributed by atoms with Gasteiger partial charge in [0.05, 0.1) is 33.5 Å². The minimum atomic E-state index is -0.354. The quantitative estimate of drug-likeness (QED) is 0.262. The first kappa shape index (κ1) is 18.3. The Labute approximate surface area is 160 Å². The van der Waals surface area contributed by atoms with Gasteiger partial charge in [-0.15, -0.1) is 11.8 Å². The molecule has 2 aromatic carbocycles. The zero-order chi connectivity index (χ0) is 18.5. The molecule has 0 saturated heterocycles. The lowest BCUT2D eigenvalue weighted by Gasteiger charge is -2.12. The lowest BCUT2D eigenvalue weighted by atomic mass is 9.98. The highest BCUT2D eigenvalue weighted by Crippen LogP contribution is 2.40.